The van der Waals surface area contributed by atoms with Gasteiger partial charge in [-0.05, 0) is 30.2 Å². The molecule has 4 heteroatoms. The lowest BCUT2D eigenvalue weighted by atomic mass is 10.0. The molecule has 0 aliphatic carbocycles. The second-order valence-corrected chi connectivity index (χ2v) is 4.96. The minimum atomic E-state index is -0.729. The highest BCUT2D eigenvalue weighted by molar-refractivity contribution is 6.32. The Balaban J connectivity index is 1.98. The van der Waals surface area contributed by atoms with Gasteiger partial charge in [-0.2, -0.15) is 0 Å². The molecule has 3 rings (SSSR count). The molecule has 0 bridgehead atoms. The molecule has 2 aromatic rings. The zero-order valence-electron chi connectivity index (χ0n) is 10.4. The molecule has 98 valence electrons. The minimum Gasteiger partial charge on any atom is -0.454 e. The van der Waals surface area contributed by atoms with Crippen LogP contribution in [-0.4, -0.2) is 11.9 Å². The van der Waals surface area contributed by atoms with Crippen molar-refractivity contribution in [2.45, 2.75) is 13.0 Å². The number of ether oxygens (including phenoxy) is 2. The average Bonchev–Trinajstić information content (AvgIpc) is 2.87. The van der Waals surface area contributed by atoms with Crippen molar-refractivity contribution in [3.05, 3.63) is 58.1 Å². The lowest BCUT2D eigenvalue weighted by Gasteiger charge is -2.13. The maximum atomic E-state index is 10.4. The molecule has 0 saturated heterocycles. The number of halogens is 1. The van der Waals surface area contributed by atoms with E-state index in [-0.39, 0.29) is 6.79 Å². The standard InChI is InChI=1S/C15H13ClO3/c1-9-2-4-10(5-3-9)14(17)11-6-12(16)15-13(7-11)18-8-19-15/h2-7,14,17H,8H2,1H3. The summed E-state index contributed by atoms with van der Waals surface area (Å²) in [6.07, 6.45) is -0.729. The Morgan fingerprint density at radius 1 is 1.11 bits per heavy atom. The molecule has 19 heavy (non-hydrogen) atoms. The zero-order valence-corrected chi connectivity index (χ0v) is 11.1. The molecule has 1 atom stereocenters. The molecule has 1 aliphatic rings. The Morgan fingerprint density at radius 3 is 2.58 bits per heavy atom. The summed E-state index contributed by atoms with van der Waals surface area (Å²) < 4.78 is 10.6. The maximum absolute atomic E-state index is 10.4. The number of hydrogen-bond acceptors (Lipinski definition) is 3. The van der Waals surface area contributed by atoms with Crippen LogP contribution >= 0.6 is 11.6 Å². The fourth-order valence-electron chi connectivity index (χ4n) is 2.09. The lowest BCUT2D eigenvalue weighted by molar-refractivity contribution is 0.173. The molecule has 1 N–H and O–H groups in total. The summed E-state index contributed by atoms with van der Waals surface area (Å²) in [6.45, 7) is 2.17. The van der Waals surface area contributed by atoms with Gasteiger partial charge in [0.25, 0.3) is 0 Å². The smallest absolute Gasteiger partial charge is 0.231 e. The third-order valence-corrected chi connectivity index (χ3v) is 3.44. The highest BCUT2D eigenvalue weighted by Crippen LogP contribution is 2.41. The minimum absolute atomic E-state index is 0.166. The van der Waals surface area contributed by atoms with Gasteiger partial charge < -0.3 is 14.6 Å². The highest BCUT2D eigenvalue weighted by atomic mass is 35.5. The van der Waals surface area contributed by atoms with E-state index in [1.165, 1.54) is 0 Å². The van der Waals surface area contributed by atoms with E-state index in [0.29, 0.717) is 22.1 Å². The normalized spacial score (nSPS) is 14.5. The van der Waals surface area contributed by atoms with Crippen LogP contribution < -0.4 is 9.47 Å². The van der Waals surface area contributed by atoms with E-state index < -0.39 is 6.10 Å². The zero-order chi connectivity index (χ0) is 13.4. The van der Waals surface area contributed by atoms with Gasteiger partial charge in [0.15, 0.2) is 11.5 Å². The average molecular weight is 277 g/mol. The summed E-state index contributed by atoms with van der Waals surface area (Å²) in [6, 6.07) is 11.2. The Morgan fingerprint density at radius 2 is 1.84 bits per heavy atom. The lowest BCUT2D eigenvalue weighted by Crippen LogP contribution is -1.99. The van der Waals surface area contributed by atoms with Crippen LogP contribution in [-0.2, 0) is 0 Å². The van der Waals surface area contributed by atoms with Gasteiger partial charge in [0, 0.05) is 0 Å². The third kappa shape index (κ3) is 2.27. The van der Waals surface area contributed by atoms with Crippen molar-refractivity contribution in [3.8, 4) is 11.5 Å². The molecule has 0 aromatic heterocycles. The van der Waals surface area contributed by atoms with Gasteiger partial charge in [-0.3, -0.25) is 0 Å². The van der Waals surface area contributed by atoms with Gasteiger partial charge >= 0.3 is 0 Å². The first kappa shape index (κ1) is 12.3. The van der Waals surface area contributed by atoms with Gasteiger partial charge in [-0.15, -0.1) is 0 Å². The monoisotopic (exact) mass is 276 g/mol. The van der Waals surface area contributed by atoms with Crippen molar-refractivity contribution < 1.29 is 14.6 Å². The number of aryl methyl sites for hydroxylation is 1. The predicted octanol–water partition coefficient (Wildman–Crippen LogP) is 3.46. The van der Waals surface area contributed by atoms with Crippen LogP contribution in [0.4, 0.5) is 0 Å². The third-order valence-electron chi connectivity index (χ3n) is 3.16. The fourth-order valence-corrected chi connectivity index (χ4v) is 2.36. The number of rotatable bonds is 2. The van der Waals surface area contributed by atoms with E-state index in [1.807, 2.05) is 31.2 Å². The molecule has 0 spiro atoms. The Labute approximate surface area is 116 Å². The molecular weight excluding hydrogens is 264 g/mol. The first-order valence-corrected chi connectivity index (χ1v) is 6.36. The summed E-state index contributed by atoms with van der Waals surface area (Å²) in [5.74, 6) is 1.12. The van der Waals surface area contributed by atoms with Gasteiger partial charge in [-0.25, -0.2) is 0 Å². The van der Waals surface area contributed by atoms with E-state index in [1.54, 1.807) is 12.1 Å². The Hall–Kier alpha value is -1.71. The summed E-state index contributed by atoms with van der Waals surface area (Å²) in [4.78, 5) is 0. The van der Waals surface area contributed by atoms with Crippen LogP contribution in [0.3, 0.4) is 0 Å². The molecule has 1 aliphatic heterocycles. The van der Waals surface area contributed by atoms with E-state index in [4.69, 9.17) is 21.1 Å². The van der Waals surface area contributed by atoms with Crippen LogP contribution in [0, 0.1) is 6.92 Å². The van der Waals surface area contributed by atoms with Gasteiger partial charge in [0.2, 0.25) is 6.79 Å². The van der Waals surface area contributed by atoms with Gasteiger partial charge in [-0.1, -0.05) is 41.4 Å². The molecule has 0 saturated carbocycles. The van der Waals surface area contributed by atoms with Crippen molar-refractivity contribution in [1.82, 2.24) is 0 Å². The second-order valence-electron chi connectivity index (χ2n) is 4.55. The SMILES string of the molecule is Cc1ccc(C(O)c2cc(Cl)c3c(c2)OCO3)cc1. The topological polar surface area (TPSA) is 38.7 Å². The largest absolute Gasteiger partial charge is 0.454 e. The second kappa shape index (κ2) is 4.76. The highest BCUT2D eigenvalue weighted by Gasteiger charge is 2.21. The molecule has 0 amide bonds. The number of aliphatic hydroxyl groups excluding tert-OH is 1. The molecule has 1 heterocycles. The molecule has 2 aromatic carbocycles. The summed E-state index contributed by atoms with van der Waals surface area (Å²) in [5.41, 5.74) is 2.67. The molecule has 1 unspecified atom stereocenters. The predicted molar refractivity (Wildman–Crippen MR) is 72.8 cm³/mol. The summed E-state index contributed by atoms with van der Waals surface area (Å²) >= 11 is 6.12. The van der Waals surface area contributed by atoms with E-state index >= 15 is 0 Å². The Kier molecular flexibility index (Phi) is 3.09. The maximum Gasteiger partial charge on any atom is 0.231 e. The van der Waals surface area contributed by atoms with E-state index in [0.717, 1.165) is 11.1 Å². The van der Waals surface area contributed by atoms with Crippen LogP contribution in [0.15, 0.2) is 36.4 Å². The van der Waals surface area contributed by atoms with E-state index in [9.17, 15) is 5.11 Å². The van der Waals surface area contributed by atoms with Crippen molar-refractivity contribution in [2.24, 2.45) is 0 Å². The van der Waals surface area contributed by atoms with Gasteiger partial charge in [0.1, 0.15) is 6.10 Å². The fraction of sp³-hybridized carbons (Fsp3) is 0.200. The van der Waals surface area contributed by atoms with Crippen LogP contribution in [0.2, 0.25) is 5.02 Å². The quantitative estimate of drug-likeness (QED) is 0.913. The Bertz CT molecular complexity index is 608. The van der Waals surface area contributed by atoms with Crippen molar-refractivity contribution >= 4 is 11.6 Å². The van der Waals surface area contributed by atoms with Crippen LogP contribution in [0.25, 0.3) is 0 Å². The molecular formula is C15H13ClO3. The molecule has 0 radical (unpaired) electrons. The first-order valence-electron chi connectivity index (χ1n) is 5.99. The van der Waals surface area contributed by atoms with Crippen molar-refractivity contribution in [2.75, 3.05) is 6.79 Å². The number of fused-ring (bicyclic) bond motifs is 1. The molecule has 3 nitrogen and oxygen atoms in total. The number of benzene rings is 2. The van der Waals surface area contributed by atoms with E-state index in [2.05, 4.69) is 0 Å². The van der Waals surface area contributed by atoms with Crippen molar-refractivity contribution in [3.63, 3.8) is 0 Å². The van der Waals surface area contributed by atoms with Crippen LogP contribution in [0.5, 0.6) is 11.5 Å². The van der Waals surface area contributed by atoms with Crippen molar-refractivity contribution in [1.29, 1.82) is 0 Å². The molecule has 0 fully saturated rings. The first-order chi connectivity index (χ1) is 9.15. The van der Waals surface area contributed by atoms with Gasteiger partial charge in [0.05, 0.1) is 5.02 Å². The number of hydrogen-bond donors (Lipinski definition) is 1. The summed E-state index contributed by atoms with van der Waals surface area (Å²) in [5, 5.41) is 10.8. The number of aliphatic hydroxyl groups is 1. The van der Waals surface area contributed by atoms with Crippen LogP contribution in [0.1, 0.15) is 22.8 Å². The summed E-state index contributed by atoms with van der Waals surface area (Å²) in [7, 11) is 0.